The molecule has 0 unspecified atom stereocenters. The van der Waals surface area contributed by atoms with Gasteiger partial charge in [-0.1, -0.05) is 23.7 Å². The number of carbonyl (C=O) groups excluding carboxylic acids is 3. The maximum atomic E-state index is 12.7. The minimum atomic E-state index is -0.357. The number of rotatable bonds is 5. The smallest absolute Gasteiger partial charge is 0.305 e. The molecule has 0 atom stereocenters. The fourth-order valence-corrected chi connectivity index (χ4v) is 3.15. The third kappa shape index (κ3) is 2.76. The molecule has 0 bridgehead atoms. The van der Waals surface area contributed by atoms with Crippen molar-refractivity contribution < 1.29 is 19.1 Å². The maximum Gasteiger partial charge on any atom is 0.305 e. The van der Waals surface area contributed by atoms with Crippen molar-refractivity contribution in [2.24, 2.45) is 0 Å². The molecule has 2 aromatic carbocycles. The van der Waals surface area contributed by atoms with E-state index in [1.54, 1.807) is 37.3 Å². The molecule has 6 heteroatoms. The van der Waals surface area contributed by atoms with Gasteiger partial charge in [-0.3, -0.25) is 19.3 Å². The number of esters is 1. The summed E-state index contributed by atoms with van der Waals surface area (Å²) in [4.78, 5) is 37.9. The maximum absolute atomic E-state index is 12.7. The van der Waals surface area contributed by atoms with Crippen molar-refractivity contribution in [1.29, 1.82) is 0 Å². The number of carbonyl (C=O) groups is 3. The number of amides is 2. The predicted octanol–water partition coefficient (Wildman–Crippen LogP) is 3.43. The molecule has 5 nitrogen and oxygen atoms in total. The van der Waals surface area contributed by atoms with E-state index in [0.717, 1.165) is 0 Å². The van der Waals surface area contributed by atoms with Crippen LogP contribution in [0.5, 0.6) is 0 Å². The van der Waals surface area contributed by atoms with Gasteiger partial charge in [0.25, 0.3) is 11.8 Å². The Labute approximate surface area is 144 Å². The van der Waals surface area contributed by atoms with E-state index in [9.17, 15) is 14.4 Å². The van der Waals surface area contributed by atoms with Crippen LogP contribution in [0.15, 0.2) is 30.3 Å². The fourth-order valence-electron chi connectivity index (χ4n) is 2.93. The summed E-state index contributed by atoms with van der Waals surface area (Å²) in [6.45, 7) is 2.23. The molecule has 1 heterocycles. The average Bonchev–Trinajstić information content (AvgIpc) is 2.57. The van der Waals surface area contributed by atoms with Gasteiger partial charge < -0.3 is 4.74 Å². The van der Waals surface area contributed by atoms with Gasteiger partial charge in [-0.2, -0.15) is 0 Å². The fraction of sp³-hybridized carbons (Fsp3) is 0.278. The Morgan fingerprint density at radius 2 is 1.83 bits per heavy atom. The van der Waals surface area contributed by atoms with Gasteiger partial charge in [-0.05, 0) is 31.5 Å². The lowest BCUT2D eigenvalue weighted by Gasteiger charge is -2.27. The molecular weight excluding hydrogens is 330 g/mol. The van der Waals surface area contributed by atoms with E-state index in [2.05, 4.69) is 0 Å². The standard InChI is InChI=1S/C18H16ClNO4/c1-2-24-15(21)7-4-10-20-17(22)12-6-3-5-11-14(19)9-8-13(16(11)12)18(20)23/h3,5-6,8-9H,2,4,7,10H2,1H3. The molecule has 2 amide bonds. The molecule has 3 rings (SSSR count). The molecule has 0 spiro atoms. The molecule has 124 valence electrons. The average molecular weight is 346 g/mol. The second-order valence-electron chi connectivity index (χ2n) is 5.49. The van der Waals surface area contributed by atoms with Gasteiger partial charge in [0.2, 0.25) is 0 Å². The Morgan fingerprint density at radius 3 is 2.54 bits per heavy atom. The van der Waals surface area contributed by atoms with Gasteiger partial charge in [0.1, 0.15) is 0 Å². The van der Waals surface area contributed by atoms with Gasteiger partial charge in [-0.15, -0.1) is 0 Å². The number of nitrogens with zero attached hydrogens (tertiary/aromatic N) is 1. The summed E-state index contributed by atoms with van der Waals surface area (Å²) in [6, 6.07) is 8.53. The van der Waals surface area contributed by atoms with E-state index in [4.69, 9.17) is 16.3 Å². The molecule has 0 radical (unpaired) electrons. The van der Waals surface area contributed by atoms with E-state index in [1.807, 2.05) is 0 Å². The van der Waals surface area contributed by atoms with Crippen LogP contribution < -0.4 is 0 Å². The highest BCUT2D eigenvalue weighted by Gasteiger charge is 2.32. The normalized spacial score (nSPS) is 13.5. The lowest BCUT2D eigenvalue weighted by Crippen LogP contribution is -2.41. The molecule has 0 saturated heterocycles. The molecule has 0 N–H and O–H groups in total. The van der Waals surface area contributed by atoms with E-state index >= 15 is 0 Å². The third-order valence-corrected chi connectivity index (χ3v) is 4.34. The van der Waals surface area contributed by atoms with Gasteiger partial charge in [0.15, 0.2) is 0 Å². The van der Waals surface area contributed by atoms with Crippen molar-refractivity contribution in [2.45, 2.75) is 19.8 Å². The number of imide groups is 1. The number of benzene rings is 2. The molecular formula is C18H16ClNO4. The number of hydrogen-bond donors (Lipinski definition) is 0. The zero-order valence-electron chi connectivity index (χ0n) is 13.2. The monoisotopic (exact) mass is 345 g/mol. The second-order valence-corrected chi connectivity index (χ2v) is 5.90. The lowest BCUT2D eigenvalue weighted by molar-refractivity contribution is -0.143. The van der Waals surface area contributed by atoms with Crippen LogP contribution in [-0.2, 0) is 9.53 Å². The Balaban J connectivity index is 1.88. The van der Waals surface area contributed by atoms with Gasteiger partial charge in [0, 0.05) is 39.9 Å². The van der Waals surface area contributed by atoms with Crippen LogP contribution in [0.2, 0.25) is 5.02 Å². The summed E-state index contributed by atoms with van der Waals surface area (Å²) in [5.74, 6) is -1.04. The molecule has 0 aliphatic carbocycles. The minimum Gasteiger partial charge on any atom is -0.466 e. The van der Waals surface area contributed by atoms with Crippen LogP contribution in [0.1, 0.15) is 40.5 Å². The molecule has 24 heavy (non-hydrogen) atoms. The largest absolute Gasteiger partial charge is 0.466 e. The van der Waals surface area contributed by atoms with Crippen molar-refractivity contribution in [1.82, 2.24) is 4.90 Å². The molecule has 1 aliphatic heterocycles. The van der Waals surface area contributed by atoms with Crippen LogP contribution >= 0.6 is 11.6 Å². The molecule has 0 saturated carbocycles. The van der Waals surface area contributed by atoms with Gasteiger partial charge >= 0.3 is 5.97 Å². The van der Waals surface area contributed by atoms with E-state index < -0.39 is 0 Å². The van der Waals surface area contributed by atoms with Crippen molar-refractivity contribution in [3.8, 4) is 0 Å². The zero-order chi connectivity index (χ0) is 17.3. The van der Waals surface area contributed by atoms with Crippen LogP contribution in [0.25, 0.3) is 10.8 Å². The predicted molar refractivity (Wildman–Crippen MR) is 90.2 cm³/mol. The summed E-state index contributed by atoms with van der Waals surface area (Å²) in [5, 5.41) is 1.80. The highest BCUT2D eigenvalue weighted by atomic mass is 35.5. The third-order valence-electron chi connectivity index (χ3n) is 4.01. The van der Waals surface area contributed by atoms with Gasteiger partial charge in [-0.25, -0.2) is 0 Å². The summed E-state index contributed by atoms with van der Waals surface area (Å²) in [6.07, 6.45) is 0.539. The quantitative estimate of drug-likeness (QED) is 0.615. The number of hydrogen-bond acceptors (Lipinski definition) is 4. The summed E-state index contributed by atoms with van der Waals surface area (Å²) in [7, 11) is 0. The van der Waals surface area contributed by atoms with E-state index in [-0.39, 0.29) is 30.7 Å². The van der Waals surface area contributed by atoms with Crippen molar-refractivity contribution >= 4 is 40.2 Å². The lowest BCUT2D eigenvalue weighted by atomic mass is 9.94. The summed E-state index contributed by atoms with van der Waals surface area (Å²) >= 11 is 6.17. The topological polar surface area (TPSA) is 63.7 Å². The number of ether oxygens (including phenoxy) is 1. The Morgan fingerprint density at radius 1 is 1.12 bits per heavy atom. The first-order chi connectivity index (χ1) is 11.5. The Hall–Kier alpha value is -2.40. The molecule has 1 aliphatic rings. The summed E-state index contributed by atoms with van der Waals surface area (Å²) in [5.41, 5.74) is 0.918. The van der Waals surface area contributed by atoms with Crippen molar-refractivity contribution in [3.63, 3.8) is 0 Å². The highest BCUT2D eigenvalue weighted by molar-refractivity contribution is 6.38. The Kier molecular flexibility index (Phi) is 4.53. The Bertz CT molecular complexity index is 824. The first kappa shape index (κ1) is 16.5. The minimum absolute atomic E-state index is 0.169. The van der Waals surface area contributed by atoms with Crippen LogP contribution in [0.4, 0.5) is 0 Å². The highest BCUT2D eigenvalue weighted by Crippen LogP contribution is 2.34. The molecule has 0 aromatic heterocycles. The molecule has 0 fully saturated rings. The van der Waals surface area contributed by atoms with E-state index in [0.29, 0.717) is 39.9 Å². The summed E-state index contributed by atoms with van der Waals surface area (Å²) < 4.78 is 4.86. The number of halogens is 1. The van der Waals surface area contributed by atoms with Crippen molar-refractivity contribution in [2.75, 3.05) is 13.2 Å². The second kappa shape index (κ2) is 6.61. The van der Waals surface area contributed by atoms with Crippen LogP contribution in [0, 0.1) is 0 Å². The first-order valence-corrected chi connectivity index (χ1v) is 8.15. The molecule has 2 aromatic rings. The van der Waals surface area contributed by atoms with Crippen LogP contribution in [0.3, 0.4) is 0 Å². The van der Waals surface area contributed by atoms with E-state index in [1.165, 1.54) is 4.90 Å². The van der Waals surface area contributed by atoms with Gasteiger partial charge in [0.05, 0.1) is 6.61 Å². The zero-order valence-corrected chi connectivity index (χ0v) is 13.9. The SMILES string of the molecule is CCOC(=O)CCCN1C(=O)c2cccc3c(Cl)ccc(c23)C1=O. The first-order valence-electron chi connectivity index (χ1n) is 7.77. The van der Waals surface area contributed by atoms with Crippen molar-refractivity contribution in [3.05, 3.63) is 46.5 Å². The van der Waals surface area contributed by atoms with Crippen LogP contribution in [-0.4, -0.2) is 35.8 Å².